The quantitative estimate of drug-likeness (QED) is 0.293. The summed E-state index contributed by atoms with van der Waals surface area (Å²) in [7, 11) is 4.78. The van der Waals surface area contributed by atoms with E-state index < -0.39 is 0 Å². The predicted octanol–water partition coefficient (Wildman–Crippen LogP) is 6.66. The van der Waals surface area contributed by atoms with Crippen LogP contribution in [0.2, 0.25) is 5.02 Å². The molecule has 5 nitrogen and oxygen atoms in total. The van der Waals surface area contributed by atoms with Gasteiger partial charge < -0.3 is 18.9 Å². The van der Waals surface area contributed by atoms with Gasteiger partial charge in [-0.3, -0.25) is 0 Å². The Bertz CT molecular complexity index is 1280. The van der Waals surface area contributed by atoms with E-state index in [1.54, 1.807) is 21.3 Å². The number of rotatable bonds is 8. The van der Waals surface area contributed by atoms with E-state index in [9.17, 15) is 0 Å². The lowest BCUT2D eigenvalue weighted by Gasteiger charge is -2.13. The third kappa shape index (κ3) is 5.04. The minimum Gasteiger partial charge on any atom is -0.493 e. The number of nitrogens with zero attached hydrogens (tertiary/aromatic N) is 1. The van der Waals surface area contributed by atoms with Crippen LogP contribution >= 0.6 is 11.6 Å². The highest BCUT2D eigenvalue weighted by molar-refractivity contribution is 6.31. The summed E-state index contributed by atoms with van der Waals surface area (Å²) in [6.45, 7) is 0.367. The average molecular weight is 462 g/mol. The Balaban J connectivity index is 1.62. The summed E-state index contributed by atoms with van der Waals surface area (Å²) in [6.07, 6.45) is 3.89. The summed E-state index contributed by atoms with van der Waals surface area (Å²) in [5.74, 6) is 2.45. The smallest absolute Gasteiger partial charge is 0.203 e. The lowest BCUT2D eigenvalue weighted by atomic mass is 10.1. The standard InChI is InChI=1S/C27H24ClNO4/c1-30-24-15-18(16-25(31-2)27(24)32-3)11-13-21-14-12-19-8-6-10-23(26(19)29-21)33-17-20-7-4-5-9-22(20)28/h4-16H,17H2,1-3H3/b13-11-. The molecule has 4 rings (SSSR count). The minimum atomic E-state index is 0.367. The molecule has 3 aromatic carbocycles. The van der Waals surface area contributed by atoms with E-state index in [1.165, 1.54) is 0 Å². The fourth-order valence-corrected chi connectivity index (χ4v) is 3.68. The topological polar surface area (TPSA) is 49.8 Å². The zero-order valence-corrected chi connectivity index (χ0v) is 19.4. The number of fused-ring (bicyclic) bond motifs is 1. The molecule has 0 aliphatic heterocycles. The molecule has 0 unspecified atom stereocenters. The van der Waals surface area contributed by atoms with E-state index >= 15 is 0 Å². The van der Waals surface area contributed by atoms with Crippen molar-refractivity contribution in [2.24, 2.45) is 0 Å². The van der Waals surface area contributed by atoms with Crippen molar-refractivity contribution < 1.29 is 18.9 Å². The van der Waals surface area contributed by atoms with Gasteiger partial charge >= 0.3 is 0 Å². The maximum Gasteiger partial charge on any atom is 0.203 e. The molecule has 6 heteroatoms. The van der Waals surface area contributed by atoms with E-state index in [0.717, 1.165) is 27.7 Å². The molecule has 0 spiro atoms. The Hall–Kier alpha value is -3.70. The summed E-state index contributed by atoms with van der Waals surface area (Å²) in [6, 6.07) is 21.3. The fraction of sp³-hybridized carbons (Fsp3) is 0.148. The molecule has 1 heterocycles. The molecule has 0 aliphatic carbocycles. The van der Waals surface area contributed by atoms with Gasteiger partial charge in [0.1, 0.15) is 17.9 Å². The lowest BCUT2D eigenvalue weighted by Crippen LogP contribution is -1.98. The number of benzene rings is 3. The number of hydrogen-bond acceptors (Lipinski definition) is 5. The first-order valence-corrected chi connectivity index (χ1v) is 10.7. The molecule has 168 valence electrons. The summed E-state index contributed by atoms with van der Waals surface area (Å²) in [4.78, 5) is 4.81. The second-order valence-electron chi connectivity index (χ2n) is 7.24. The van der Waals surface area contributed by atoms with E-state index in [-0.39, 0.29) is 0 Å². The molecule has 33 heavy (non-hydrogen) atoms. The van der Waals surface area contributed by atoms with Crippen molar-refractivity contribution in [3.05, 3.63) is 88.6 Å². The molecule has 0 N–H and O–H groups in total. The molecule has 0 radical (unpaired) electrons. The van der Waals surface area contributed by atoms with Gasteiger partial charge in [-0.1, -0.05) is 54.1 Å². The first-order chi connectivity index (χ1) is 16.1. The first kappa shape index (κ1) is 22.5. The van der Waals surface area contributed by atoms with Crippen LogP contribution in [0.3, 0.4) is 0 Å². The zero-order chi connectivity index (χ0) is 23.2. The van der Waals surface area contributed by atoms with Gasteiger partial charge in [-0.2, -0.15) is 0 Å². The first-order valence-electron chi connectivity index (χ1n) is 10.4. The molecule has 0 fully saturated rings. The highest BCUT2D eigenvalue weighted by Crippen LogP contribution is 2.38. The average Bonchev–Trinajstić information content (AvgIpc) is 2.86. The van der Waals surface area contributed by atoms with Gasteiger partial charge in [0.15, 0.2) is 11.5 Å². The molecule has 0 atom stereocenters. The van der Waals surface area contributed by atoms with Crippen molar-refractivity contribution in [3.63, 3.8) is 0 Å². The molecule has 0 aliphatic rings. The van der Waals surface area contributed by atoms with Crippen LogP contribution in [0.15, 0.2) is 66.7 Å². The third-order valence-electron chi connectivity index (χ3n) is 5.18. The number of pyridine rings is 1. The van der Waals surface area contributed by atoms with E-state index in [1.807, 2.05) is 78.9 Å². The molecule has 4 aromatic rings. The Morgan fingerprint density at radius 3 is 2.24 bits per heavy atom. The Morgan fingerprint density at radius 1 is 0.788 bits per heavy atom. The molecular formula is C27H24ClNO4. The van der Waals surface area contributed by atoms with Crippen LogP contribution in [0.1, 0.15) is 16.8 Å². The second kappa shape index (κ2) is 10.3. The van der Waals surface area contributed by atoms with Gasteiger partial charge in [0.25, 0.3) is 0 Å². The number of para-hydroxylation sites is 1. The largest absolute Gasteiger partial charge is 0.493 e. The number of methoxy groups -OCH3 is 3. The molecule has 0 saturated carbocycles. The Kier molecular flexibility index (Phi) is 7.01. The highest BCUT2D eigenvalue weighted by Gasteiger charge is 2.12. The summed E-state index contributed by atoms with van der Waals surface area (Å²) in [5, 5.41) is 1.68. The van der Waals surface area contributed by atoms with Crippen LogP contribution in [-0.4, -0.2) is 26.3 Å². The maximum absolute atomic E-state index is 6.27. The van der Waals surface area contributed by atoms with Crippen LogP contribution < -0.4 is 18.9 Å². The van der Waals surface area contributed by atoms with Crippen LogP contribution in [0.4, 0.5) is 0 Å². The Morgan fingerprint density at radius 2 is 1.55 bits per heavy atom. The summed E-state index contributed by atoms with van der Waals surface area (Å²) in [5.41, 5.74) is 3.41. The molecular weight excluding hydrogens is 438 g/mol. The summed E-state index contributed by atoms with van der Waals surface area (Å²) >= 11 is 6.27. The van der Waals surface area contributed by atoms with Crippen LogP contribution in [0, 0.1) is 0 Å². The Labute approximate surface area is 198 Å². The summed E-state index contributed by atoms with van der Waals surface area (Å²) < 4.78 is 22.3. The molecule has 1 aromatic heterocycles. The van der Waals surface area contributed by atoms with E-state index in [0.29, 0.717) is 34.6 Å². The second-order valence-corrected chi connectivity index (χ2v) is 7.64. The minimum absolute atomic E-state index is 0.367. The van der Waals surface area contributed by atoms with Crippen molar-refractivity contribution in [2.45, 2.75) is 6.61 Å². The van der Waals surface area contributed by atoms with Crippen molar-refractivity contribution in [1.82, 2.24) is 4.98 Å². The number of ether oxygens (including phenoxy) is 4. The maximum atomic E-state index is 6.27. The monoisotopic (exact) mass is 461 g/mol. The van der Waals surface area contributed by atoms with E-state index in [2.05, 4.69) is 0 Å². The van der Waals surface area contributed by atoms with Crippen LogP contribution in [-0.2, 0) is 6.61 Å². The van der Waals surface area contributed by atoms with Gasteiger partial charge in [0, 0.05) is 16.0 Å². The van der Waals surface area contributed by atoms with Gasteiger partial charge in [-0.05, 0) is 42.0 Å². The number of aromatic nitrogens is 1. The van der Waals surface area contributed by atoms with Gasteiger partial charge in [0.2, 0.25) is 5.75 Å². The lowest BCUT2D eigenvalue weighted by molar-refractivity contribution is 0.309. The van der Waals surface area contributed by atoms with Gasteiger partial charge in [-0.25, -0.2) is 4.98 Å². The predicted molar refractivity (Wildman–Crippen MR) is 133 cm³/mol. The normalized spacial score (nSPS) is 11.0. The SMILES string of the molecule is COc1cc(/C=C\c2ccc3cccc(OCc4ccccc4Cl)c3n2)cc(OC)c1OC. The van der Waals surface area contributed by atoms with Crippen molar-refractivity contribution in [3.8, 4) is 23.0 Å². The molecule has 0 bridgehead atoms. The third-order valence-corrected chi connectivity index (χ3v) is 5.55. The van der Waals surface area contributed by atoms with E-state index in [4.69, 9.17) is 35.5 Å². The number of halogens is 1. The van der Waals surface area contributed by atoms with Crippen molar-refractivity contribution in [2.75, 3.05) is 21.3 Å². The highest BCUT2D eigenvalue weighted by atomic mass is 35.5. The molecule has 0 saturated heterocycles. The van der Waals surface area contributed by atoms with Crippen molar-refractivity contribution in [1.29, 1.82) is 0 Å². The van der Waals surface area contributed by atoms with Crippen LogP contribution in [0.5, 0.6) is 23.0 Å². The fourth-order valence-electron chi connectivity index (χ4n) is 3.49. The van der Waals surface area contributed by atoms with Gasteiger partial charge in [-0.15, -0.1) is 0 Å². The van der Waals surface area contributed by atoms with Crippen molar-refractivity contribution >= 4 is 34.7 Å². The zero-order valence-electron chi connectivity index (χ0n) is 18.7. The molecule has 0 amide bonds. The van der Waals surface area contributed by atoms with Crippen LogP contribution in [0.25, 0.3) is 23.1 Å². The van der Waals surface area contributed by atoms with Gasteiger partial charge in [0.05, 0.1) is 27.0 Å². The number of hydrogen-bond donors (Lipinski definition) is 0.